The molecule has 0 aromatic heterocycles. The van der Waals surface area contributed by atoms with Crippen molar-refractivity contribution in [3.63, 3.8) is 0 Å². The molecule has 1 N–H and O–H groups in total. The quantitative estimate of drug-likeness (QED) is 0.873. The van der Waals surface area contributed by atoms with Crippen LogP contribution >= 0.6 is 0 Å². The Morgan fingerprint density at radius 2 is 1.89 bits per heavy atom. The van der Waals surface area contributed by atoms with Crippen LogP contribution < -0.4 is 0 Å². The van der Waals surface area contributed by atoms with E-state index < -0.39 is 5.82 Å². The monoisotopic (exact) mass is 263 g/mol. The van der Waals surface area contributed by atoms with Crippen molar-refractivity contribution in [3.8, 4) is 6.07 Å². The van der Waals surface area contributed by atoms with Gasteiger partial charge in [-0.25, -0.2) is 4.39 Å². The first-order valence-electron chi connectivity index (χ1n) is 6.47. The summed E-state index contributed by atoms with van der Waals surface area (Å²) in [5.41, 5.74) is 1.07. The van der Waals surface area contributed by atoms with E-state index in [9.17, 15) is 4.39 Å². The molecule has 0 atom stereocenters. The first-order chi connectivity index (χ1) is 9.22. The Kier molecular flexibility index (Phi) is 4.86. The number of benzene rings is 1. The highest BCUT2D eigenvalue weighted by Gasteiger charge is 2.16. The van der Waals surface area contributed by atoms with Crippen LogP contribution in [0.1, 0.15) is 11.1 Å². The lowest BCUT2D eigenvalue weighted by Gasteiger charge is -2.34. The van der Waals surface area contributed by atoms with Crippen molar-refractivity contribution in [3.05, 3.63) is 35.1 Å². The average Bonchev–Trinajstić information content (AvgIpc) is 2.43. The van der Waals surface area contributed by atoms with Gasteiger partial charge < -0.3 is 5.11 Å². The molecule has 19 heavy (non-hydrogen) atoms. The number of aliphatic hydroxyl groups is 1. The topological polar surface area (TPSA) is 50.5 Å². The molecule has 0 saturated carbocycles. The lowest BCUT2D eigenvalue weighted by atomic mass is 10.1. The molecule has 0 bridgehead atoms. The fourth-order valence-electron chi connectivity index (χ4n) is 2.33. The minimum absolute atomic E-state index is 0.108. The van der Waals surface area contributed by atoms with Gasteiger partial charge in [-0.3, -0.25) is 9.80 Å². The third-order valence-corrected chi connectivity index (χ3v) is 3.44. The van der Waals surface area contributed by atoms with Crippen molar-refractivity contribution in [2.75, 3.05) is 39.3 Å². The van der Waals surface area contributed by atoms with Crippen LogP contribution in [-0.4, -0.2) is 54.2 Å². The third kappa shape index (κ3) is 3.74. The van der Waals surface area contributed by atoms with Crippen LogP contribution in [-0.2, 0) is 6.54 Å². The minimum Gasteiger partial charge on any atom is -0.395 e. The summed E-state index contributed by atoms with van der Waals surface area (Å²) in [4.78, 5) is 4.50. The van der Waals surface area contributed by atoms with Crippen LogP contribution in [0, 0.1) is 17.1 Å². The lowest BCUT2D eigenvalue weighted by molar-refractivity contribution is 0.108. The average molecular weight is 263 g/mol. The number of halogens is 1. The van der Waals surface area contributed by atoms with Crippen LogP contribution in [0.4, 0.5) is 4.39 Å². The summed E-state index contributed by atoms with van der Waals surface area (Å²) < 4.78 is 13.2. The van der Waals surface area contributed by atoms with Gasteiger partial charge in [0, 0.05) is 39.3 Å². The molecule has 0 radical (unpaired) electrons. The van der Waals surface area contributed by atoms with E-state index in [1.807, 2.05) is 6.07 Å². The van der Waals surface area contributed by atoms with E-state index in [2.05, 4.69) is 9.80 Å². The molecule has 1 aromatic carbocycles. The van der Waals surface area contributed by atoms with Gasteiger partial charge >= 0.3 is 0 Å². The van der Waals surface area contributed by atoms with Gasteiger partial charge in [0.2, 0.25) is 0 Å². The van der Waals surface area contributed by atoms with E-state index in [-0.39, 0.29) is 12.2 Å². The first kappa shape index (κ1) is 13.9. The van der Waals surface area contributed by atoms with E-state index in [4.69, 9.17) is 10.4 Å². The molecule has 4 nitrogen and oxygen atoms in total. The number of aliphatic hydroxyl groups excluding tert-OH is 1. The Labute approximate surface area is 112 Å². The smallest absolute Gasteiger partial charge is 0.140 e. The zero-order valence-electron chi connectivity index (χ0n) is 10.8. The molecule has 102 valence electrons. The first-order valence-corrected chi connectivity index (χ1v) is 6.47. The summed E-state index contributed by atoms with van der Waals surface area (Å²) in [6.07, 6.45) is 0. The molecule has 1 heterocycles. The molecular weight excluding hydrogens is 245 g/mol. The summed E-state index contributed by atoms with van der Waals surface area (Å²) in [7, 11) is 0. The van der Waals surface area contributed by atoms with Gasteiger partial charge in [-0.2, -0.15) is 5.26 Å². The van der Waals surface area contributed by atoms with Crippen LogP contribution in [0.2, 0.25) is 0 Å². The highest BCUT2D eigenvalue weighted by atomic mass is 19.1. The Balaban J connectivity index is 1.91. The van der Waals surface area contributed by atoms with E-state index in [0.29, 0.717) is 0 Å². The molecule has 1 aliphatic heterocycles. The van der Waals surface area contributed by atoms with Crippen molar-refractivity contribution in [1.82, 2.24) is 9.80 Å². The summed E-state index contributed by atoms with van der Waals surface area (Å²) in [6.45, 7) is 5.40. The van der Waals surface area contributed by atoms with Crippen LogP contribution in [0.3, 0.4) is 0 Å². The van der Waals surface area contributed by atoms with Crippen LogP contribution in [0.15, 0.2) is 18.2 Å². The predicted octanol–water partition coefficient (Wildman–Crippen LogP) is 0.807. The highest BCUT2D eigenvalue weighted by Crippen LogP contribution is 2.13. The SMILES string of the molecule is N#Cc1cc(CN2CCN(CCO)CC2)ccc1F. The lowest BCUT2D eigenvalue weighted by Crippen LogP contribution is -2.46. The largest absolute Gasteiger partial charge is 0.395 e. The minimum atomic E-state index is -0.459. The number of rotatable bonds is 4. The van der Waals surface area contributed by atoms with Gasteiger partial charge in [-0.15, -0.1) is 0 Å². The molecule has 1 saturated heterocycles. The Morgan fingerprint density at radius 1 is 1.21 bits per heavy atom. The molecule has 1 fully saturated rings. The standard InChI is InChI=1S/C14H18FN3O/c15-14-2-1-12(9-13(14)10-16)11-18-5-3-17(4-6-18)7-8-19/h1-2,9,19H,3-8,11H2. The maximum absolute atomic E-state index is 13.2. The molecule has 2 rings (SSSR count). The van der Waals surface area contributed by atoms with Gasteiger partial charge in [-0.05, 0) is 17.7 Å². The second kappa shape index (κ2) is 6.62. The molecule has 1 aliphatic rings. The number of nitriles is 1. The van der Waals surface area contributed by atoms with Gasteiger partial charge in [-0.1, -0.05) is 6.07 Å². The van der Waals surface area contributed by atoms with Crippen LogP contribution in [0.25, 0.3) is 0 Å². The fourth-order valence-corrected chi connectivity index (χ4v) is 2.33. The Morgan fingerprint density at radius 3 is 2.53 bits per heavy atom. The summed E-state index contributed by atoms with van der Waals surface area (Å²) in [5, 5.41) is 17.7. The number of piperazine rings is 1. The van der Waals surface area contributed by atoms with E-state index >= 15 is 0 Å². The highest BCUT2D eigenvalue weighted by molar-refractivity contribution is 5.34. The van der Waals surface area contributed by atoms with Gasteiger partial charge in [0.15, 0.2) is 0 Å². The zero-order valence-corrected chi connectivity index (χ0v) is 10.8. The van der Waals surface area contributed by atoms with E-state index in [1.165, 1.54) is 6.07 Å². The summed E-state index contributed by atoms with van der Waals surface area (Å²) >= 11 is 0. The molecule has 0 amide bonds. The molecule has 1 aromatic rings. The summed E-state index contributed by atoms with van der Waals surface area (Å²) in [6, 6.07) is 6.58. The van der Waals surface area contributed by atoms with Crippen molar-refractivity contribution in [2.24, 2.45) is 0 Å². The van der Waals surface area contributed by atoms with Crippen molar-refractivity contribution in [1.29, 1.82) is 5.26 Å². The second-order valence-electron chi connectivity index (χ2n) is 4.77. The van der Waals surface area contributed by atoms with E-state index in [1.54, 1.807) is 12.1 Å². The maximum Gasteiger partial charge on any atom is 0.140 e. The van der Waals surface area contributed by atoms with Gasteiger partial charge in [0.05, 0.1) is 12.2 Å². The molecule has 5 heteroatoms. The normalized spacial score (nSPS) is 17.3. The van der Waals surface area contributed by atoms with Crippen LogP contribution in [0.5, 0.6) is 0 Å². The van der Waals surface area contributed by atoms with Gasteiger partial charge in [0.1, 0.15) is 11.9 Å². The third-order valence-electron chi connectivity index (χ3n) is 3.44. The maximum atomic E-state index is 13.2. The van der Waals surface area contributed by atoms with Crippen molar-refractivity contribution < 1.29 is 9.50 Å². The number of nitrogens with zero attached hydrogens (tertiary/aromatic N) is 3. The number of hydrogen-bond donors (Lipinski definition) is 1. The fraction of sp³-hybridized carbons (Fsp3) is 0.500. The van der Waals surface area contributed by atoms with Crippen molar-refractivity contribution in [2.45, 2.75) is 6.54 Å². The Hall–Kier alpha value is -1.48. The van der Waals surface area contributed by atoms with E-state index in [0.717, 1.165) is 44.8 Å². The molecule has 0 aliphatic carbocycles. The molecule has 0 spiro atoms. The predicted molar refractivity (Wildman–Crippen MR) is 69.9 cm³/mol. The second-order valence-corrected chi connectivity index (χ2v) is 4.77. The zero-order chi connectivity index (χ0) is 13.7. The van der Waals surface area contributed by atoms with Crippen molar-refractivity contribution >= 4 is 0 Å². The summed E-state index contributed by atoms with van der Waals surface area (Å²) in [5.74, 6) is -0.459. The number of β-amino-alcohol motifs (C(OH)–C–C–N with tert-alkyl or cyclic N) is 1. The number of hydrogen-bond acceptors (Lipinski definition) is 4. The molecular formula is C14H18FN3O. The Bertz CT molecular complexity index is 464. The van der Waals surface area contributed by atoms with Gasteiger partial charge in [0.25, 0.3) is 0 Å². The molecule has 0 unspecified atom stereocenters.